The van der Waals surface area contributed by atoms with E-state index in [0.717, 1.165) is 11.3 Å². The molecule has 118 valence electrons. The predicted octanol–water partition coefficient (Wildman–Crippen LogP) is 2.85. The van der Waals surface area contributed by atoms with Crippen LogP contribution >= 0.6 is 11.3 Å². The van der Waals surface area contributed by atoms with Crippen LogP contribution in [0.25, 0.3) is 11.3 Å². The lowest BCUT2D eigenvalue weighted by Gasteiger charge is -2.07. The van der Waals surface area contributed by atoms with E-state index in [1.54, 1.807) is 12.1 Å². The number of thiazole rings is 1. The molecule has 2 heterocycles. The van der Waals surface area contributed by atoms with Gasteiger partial charge >= 0.3 is 0 Å². The van der Waals surface area contributed by atoms with Gasteiger partial charge < -0.3 is 4.57 Å². The van der Waals surface area contributed by atoms with E-state index in [4.69, 9.17) is 0 Å². The summed E-state index contributed by atoms with van der Waals surface area (Å²) in [5.41, 5.74) is 1.40. The first-order chi connectivity index (χ1) is 11.7. The van der Waals surface area contributed by atoms with Gasteiger partial charge in [-0.25, -0.2) is 4.98 Å². The lowest BCUT2D eigenvalue weighted by molar-refractivity contribution is -0.120. The molecule has 0 unspecified atom stereocenters. The van der Waals surface area contributed by atoms with Gasteiger partial charge in [-0.15, -0.1) is 11.3 Å². The second kappa shape index (κ2) is 7.02. The molecule has 0 saturated heterocycles. The normalized spacial score (nSPS) is 11.6. The van der Waals surface area contributed by atoms with Crippen LogP contribution in [0, 0.1) is 11.3 Å². The van der Waals surface area contributed by atoms with Crippen molar-refractivity contribution in [3.63, 3.8) is 0 Å². The van der Waals surface area contributed by atoms with Crippen molar-refractivity contribution in [1.82, 2.24) is 9.55 Å². The van der Waals surface area contributed by atoms with Crippen LogP contribution in [0.5, 0.6) is 0 Å². The molecule has 3 rings (SSSR count). The first-order valence-corrected chi connectivity index (χ1v) is 8.15. The minimum atomic E-state index is -0.973. The Morgan fingerprint density at radius 1 is 1.21 bits per heavy atom. The number of pyridine rings is 1. The molecule has 24 heavy (non-hydrogen) atoms. The zero-order chi connectivity index (χ0) is 16.9. The van der Waals surface area contributed by atoms with Gasteiger partial charge in [0.25, 0.3) is 5.56 Å². The molecule has 0 fully saturated rings. The number of nitrogens with zero attached hydrogens (tertiary/aromatic N) is 3. The SMILES string of the molecule is N#C[C@H](C(=O)Cn1ccccc1=O)c1nc(-c2ccccc2)cs1. The second-order valence-electron chi connectivity index (χ2n) is 5.13. The molecule has 6 heteroatoms. The predicted molar refractivity (Wildman–Crippen MR) is 91.6 cm³/mol. The molecule has 0 radical (unpaired) electrons. The Kier molecular flexibility index (Phi) is 4.64. The Morgan fingerprint density at radius 3 is 2.67 bits per heavy atom. The van der Waals surface area contributed by atoms with Gasteiger partial charge in [-0.2, -0.15) is 5.26 Å². The third-order valence-electron chi connectivity index (χ3n) is 3.51. The number of aromatic nitrogens is 2. The van der Waals surface area contributed by atoms with Crippen molar-refractivity contribution in [2.24, 2.45) is 0 Å². The fraction of sp³-hybridized carbons (Fsp3) is 0.111. The molecule has 0 aliphatic rings. The number of Topliss-reactive ketones (excluding diaryl/α,β-unsaturated/α-hetero) is 1. The average Bonchev–Trinajstić information content (AvgIpc) is 3.08. The van der Waals surface area contributed by atoms with Crippen LogP contribution in [0.15, 0.2) is 64.9 Å². The Bertz CT molecular complexity index is 954. The van der Waals surface area contributed by atoms with Crippen LogP contribution < -0.4 is 5.56 Å². The Labute approximate surface area is 142 Å². The van der Waals surface area contributed by atoms with Crippen molar-refractivity contribution in [1.29, 1.82) is 5.26 Å². The summed E-state index contributed by atoms with van der Waals surface area (Å²) in [5, 5.41) is 11.7. The van der Waals surface area contributed by atoms with E-state index in [-0.39, 0.29) is 17.9 Å². The fourth-order valence-corrected chi connectivity index (χ4v) is 3.17. The number of benzene rings is 1. The highest BCUT2D eigenvalue weighted by Crippen LogP contribution is 2.27. The number of hydrogen-bond acceptors (Lipinski definition) is 5. The lowest BCUT2D eigenvalue weighted by atomic mass is 10.1. The van der Waals surface area contributed by atoms with E-state index >= 15 is 0 Å². The quantitative estimate of drug-likeness (QED) is 0.718. The van der Waals surface area contributed by atoms with E-state index in [2.05, 4.69) is 4.98 Å². The van der Waals surface area contributed by atoms with Crippen LogP contribution in [0.3, 0.4) is 0 Å². The number of hydrogen-bond donors (Lipinski definition) is 0. The zero-order valence-electron chi connectivity index (χ0n) is 12.6. The molecule has 3 aromatic rings. The summed E-state index contributed by atoms with van der Waals surface area (Å²) in [5.74, 6) is -1.32. The van der Waals surface area contributed by atoms with Crippen LogP contribution in [0.4, 0.5) is 0 Å². The molecule has 2 aromatic heterocycles. The van der Waals surface area contributed by atoms with Crippen LogP contribution in [-0.2, 0) is 11.3 Å². The first kappa shape index (κ1) is 15.8. The van der Waals surface area contributed by atoms with Gasteiger partial charge in [-0.3, -0.25) is 9.59 Å². The summed E-state index contributed by atoms with van der Waals surface area (Å²) < 4.78 is 1.29. The molecular formula is C18H13N3O2S. The lowest BCUT2D eigenvalue weighted by Crippen LogP contribution is -2.25. The highest BCUT2D eigenvalue weighted by molar-refractivity contribution is 7.10. The minimum Gasteiger partial charge on any atom is -0.308 e. The number of carbonyl (C=O) groups is 1. The van der Waals surface area contributed by atoms with E-state index in [1.807, 2.05) is 41.8 Å². The smallest absolute Gasteiger partial charge is 0.250 e. The minimum absolute atomic E-state index is 0.141. The standard InChI is InChI=1S/C18H13N3O2S/c19-10-14(16(22)11-21-9-5-4-8-17(21)23)18-20-15(12-24-18)13-6-2-1-3-7-13/h1-9,12,14H,11H2/t14-/m1/s1. The molecule has 0 spiro atoms. The number of ketones is 1. The number of rotatable bonds is 5. The maximum atomic E-state index is 12.4. The number of carbonyl (C=O) groups excluding carboxylic acids is 1. The largest absolute Gasteiger partial charge is 0.308 e. The van der Waals surface area contributed by atoms with Gasteiger partial charge in [0, 0.05) is 23.2 Å². The van der Waals surface area contributed by atoms with Crippen molar-refractivity contribution in [3.8, 4) is 17.3 Å². The fourth-order valence-electron chi connectivity index (χ4n) is 2.28. The molecule has 0 amide bonds. The Balaban J connectivity index is 1.83. The Hall–Kier alpha value is -3.04. The third kappa shape index (κ3) is 3.31. The topological polar surface area (TPSA) is 75.8 Å². The molecule has 1 atom stereocenters. The third-order valence-corrected chi connectivity index (χ3v) is 4.42. The summed E-state index contributed by atoms with van der Waals surface area (Å²) >= 11 is 1.28. The molecule has 0 saturated carbocycles. The van der Waals surface area contributed by atoms with Crippen molar-refractivity contribution >= 4 is 17.1 Å². The summed E-state index contributed by atoms with van der Waals surface area (Å²) in [4.78, 5) is 28.6. The van der Waals surface area contributed by atoms with E-state index in [1.165, 1.54) is 28.2 Å². The summed E-state index contributed by atoms with van der Waals surface area (Å²) in [6.07, 6.45) is 1.53. The monoisotopic (exact) mass is 335 g/mol. The second-order valence-corrected chi connectivity index (χ2v) is 6.02. The summed E-state index contributed by atoms with van der Waals surface area (Å²) in [6, 6.07) is 16.2. The highest BCUT2D eigenvalue weighted by atomic mass is 32.1. The maximum Gasteiger partial charge on any atom is 0.250 e. The summed E-state index contributed by atoms with van der Waals surface area (Å²) in [7, 11) is 0. The zero-order valence-corrected chi connectivity index (χ0v) is 13.4. The molecule has 0 aliphatic heterocycles. The van der Waals surface area contributed by atoms with Gasteiger partial charge in [0.2, 0.25) is 0 Å². The molecular weight excluding hydrogens is 322 g/mol. The van der Waals surface area contributed by atoms with Crippen molar-refractivity contribution in [3.05, 3.63) is 75.5 Å². The van der Waals surface area contributed by atoms with Crippen LogP contribution in [0.2, 0.25) is 0 Å². The van der Waals surface area contributed by atoms with Crippen molar-refractivity contribution in [2.75, 3.05) is 0 Å². The van der Waals surface area contributed by atoms with Crippen LogP contribution in [0.1, 0.15) is 10.9 Å². The van der Waals surface area contributed by atoms with E-state index in [0.29, 0.717) is 5.01 Å². The first-order valence-electron chi connectivity index (χ1n) is 7.27. The molecule has 1 aromatic carbocycles. The van der Waals surface area contributed by atoms with E-state index in [9.17, 15) is 14.9 Å². The number of nitriles is 1. The molecule has 0 aliphatic carbocycles. The molecule has 0 N–H and O–H groups in total. The summed E-state index contributed by atoms with van der Waals surface area (Å²) in [6.45, 7) is -0.141. The molecule has 0 bridgehead atoms. The van der Waals surface area contributed by atoms with E-state index < -0.39 is 5.92 Å². The van der Waals surface area contributed by atoms with Gasteiger partial charge in [-0.1, -0.05) is 36.4 Å². The van der Waals surface area contributed by atoms with Gasteiger partial charge in [0.05, 0.1) is 18.3 Å². The van der Waals surface area contributed by atoms with Crippen molar-refractivity contribution < 1.29 is 4.79 Å². The van der Waals surface area contributed by atoms with Gasteiger partial charge in [-0.05, 0) is 6.07 Å². The van der Waals surface area contributed by atoms with Crippen LogP contribution in [-0.4, -0.2) is 15.3 Å². The highest BCUT2D eigenvalue weighted by Gasteiger charge is 2.24. The molecule has 5 nitrogen and oxygen atoms in total. The van der Waals surface area contributed by atoms with Gasteiger partial charge in [0.1, 0.15) is 5.01 Å². The van der Waals surface area contributed by atoms with Crippen molar-refractivity contribution in [2.45, 2.75) is 12.5 Å². The Morgan fingerprint density at radius 2 is 1.96 bits per heavy atom. The maximum absolute atomic E-state index is 12.4. The average molecular weight is 335 g/mol. The van der Waals surface area contributed by atoms with Gasteiger partial charge in [0.15, 0.2) is 11.7 Å².